The second kappa shape index (κ2) is 3.97. The summed E-state index contributed by atoms with van der Waals surface area (Å²) in [4.78, 5) is 7.69. The summed E-state index contributed by atoms with van der Waals surface area (Å²) in [5, 5.41) is 7.13. The molecular weight excluding hydrogens is 204 g/mol. The highest BCUT2D eigenvalue weighted by Crippen LogP contribution is 2.16. The van der Waals surface area contributed by atoms with Gasteiger partial charge in [-0.2, -0.15) is 10.1 Å². The van der Waals surface area contributed by atoms with Crippen LogP contribution in [0.2, 0.25) is 5.28 Å². The lowest BCUT2D eigenvalue weighted by Crippen LogP contribution is -1.92. The Kier molecular flexibility index (Phi) is 2.51. The molecule has 0 aliphatic carbocycles. The summed E-state index contributed by atoms with van der Waals surface area (Å²) in [5.74, 6) is 0.863. The van der Waals surface area contributed by atoms with Crippen LogP contribution in [0, 0.1) is 0 Å². The average molecular weight is 209 g/mol. The second-order valence-electron chi connectivity index (χ2n) is 2.35. The van der Waals surface area contributed by atoms with Gasteiger partial charge in [-0.05, 0) is 23.7 Å². The molecule has 2 aromatic heterocycles. The summed E-state index contributed by atoms with van der Waals surface area (Å²) in [6.07, 6.45) is 4.59. The summed E-state index contributed by atoms with van der Waals surface area (Å²) in [6.45, 7) is 0. The highest BCUT2D eigenvalue weighted by atomic mass is 35.5. The molecule has 2 rings (SSSR count). The van der Waals surface area contributed by atoms with E-state index < -0.39 is 0 Å². The molecule has 0 spiro atoms. The Bertz CT molecular complexity index is 423. The third kappa shape index (κ3) is 2.14. The smallest absolute Gasteiger partial charge is 0.246 e. The van der Waals surface area contributed by atoms with Crippen molar-refractivity contribution in [3.05, 3.63) is 36.0 Å². The number of hydrogen-bond donors (Lipinski definition) is 0. The quantitative estimate of drug-likeness (QED) is 0.752. The first kappa shape index (κ1) is 8.83. The third-order valence-corrected chi connectivity index (χ3v) is 1.53. The fourth-order valence-corrected chi connectivity index (χ4v) is 0.972. The zero-order chi connectivity index (χ0) is 9.80. The topological polar surface area (TPSA) is 60.8 Å². The number of aromatic nitrogens is 4. The molecule has 0 saturated carbocycles. The number of rotatable bonds is 2. The van der Waals surface area contributed by atoms with E-state index in [2.05, 4.69) is 20.2 Å². The first-order valence-electron chi connectivity index (χ1n) is 3.78. The van der Waals surface area contributed by atoms with Crippen LogP contribution >= 0.6 is 11.6 Å². The van der Waals surface area contributed by atoms with Crippen molar-refractivity contribution in [1.29, 1.82) is 0 Å². The lowest BCUT2D eigenvalue weighted by molar-refractivity contribution is 0.455. The number of nitrogens with zero attached hydrogens (tertiary/aromatic N) is 4. The van der Waals surface area contributed by atoms with Crippen LogP contribution in [0.15, 0.2) is 30.7 Å². The molecule has 0 unspecified atom stereocenters. The van der Waals surface area contributed by atoms with Crippen LogP contribution in [0.3, 0.4) is 0 Å². The van der Waals surface area contributed by atoms with Crippen molar-refractivity contribution in [3.8, 4) is 11.6 Å². The van der Waals surface area contributed by atoms with Crippen LogP contribution in [-0.4, -0.2) is 20.2 Å². The minimum absolute atomic E-state index is 0.0476. The molecule has 5 nitrogen and oxygen atoms in total. The van der Waals surface area contributed by atoms with E-state index in [4.69, 9.17) is 16.3 Å². The van der Waals surface area contributed by atoms with Gasteiger partial charge in [0.1, 0.15) is 11.9 Å². The van der Waals surface area contributed by atoms with Crippen LogP contribution in [0.5, 0.6) is 11.6 Å². The molecule has 0 radical (unpaired) electrons. The molecule has 0 atom stereocenters. The van der Waals surface area contributed by atoms with Crippen LogP contribution in [0.1, 0.15) is 0 Å². The van der Waals surface area contributed by atoms with Crippen LogP contribution in [0.4, 0.5) is 0 Å². The lowest BCUT2D eigenvalue weighted by Gasteiger charge is -2.01. The largest absolute Gasteiger partial charge is 0.436 e. The van der Waals surface area contributed by atoms with E-state index in [1.165, 1.54) is 6.20 Å². The molecular formula is C8H5ClN4O. The molecule has 2 aromatic rings. The van der Waals surface area contributed by atoms with Gasteiger partial charge >= 0.3 is 0 Å². The van der Waals surface area contributed by atoms with Crippen molar-refractivity contribution in [2.45, 2.75) is 0 Å². The van der Waals surface area contributed by atoms with E-state index in [0.29, 0.717) is 5.75 Å². The van der Waals surface area contributed by atoms with Crippen molar-refractivity contribution < 1.29 is 4.74 Å². The van der Waals surface area contributed by atoms with Gasteiger partial charge in [0.05, 0.1) is 6.20 Å². The van der Waals surface area contributed by atoms with Crippen LogP contribution in [0.25, 0.3) is 0 Å². The van der Waals surface area contributed by atoms with Gasteiger partial charge < -0.3 is 4.74 Å². The van der Waals surface area contributed by atoms with Crippen molar-refractivity contribution in [1.82, 2.24) is 20.2 Å². The van der Waals surface area contributed by atoms with Crippen molar-refractivity contribution in [2.75, 3.05) is 0 Å². The number of ether oxygens (including phenoxy) is 1. The maximum atomic E-state index is 5.53. The van der Waals surface area contributed by atoms with E-state index >= 15 is 0 Å². The van der Waals surface area contributed by atoms with E-state index in [9.17, 15) is 0 Å². The highest BCUT2D eigenvalue weighted by Gasteiger charge is 2.00. The molecule has 0 amide bonds. The SMILES string of the molecule is Clc1nncc(Oc2cccnc2)n1. The number of pyridine rings is 1. The predicted octanol–water partition coefficient (Wildman–Crippen LogP) is 1.71. The lowest BCUT2D eigenvalue weighted by atomic mass is 10.5. The Morgan fingerprint density at radius 3 is 2.93 bits per heavy atom. The van der Waals surface area contributed by atoms with Crippen molar-refractivity contribution in [3.63, 3.8) is 0 Å². The molecule has 2 heterocycles. The minimum Gasteiger partial charge on any atom is -0.436 e. The van der Waals surface area contributed by atoms with E-state index in [0.717, 1.165) is 0 Å². The number of hydrogen-bond acceptors (Lipinski definition) is 5. The molecule has 0 aromatic carbocycles. The summed E-state index contributed by atoms with van der Waals surface area (Å²) in [6, 6.07) is 3.51. The summed E-state index contributed by atoms with van der Waals surface area (Å²) >= 11 is 5.53. The fourth-order valence-electron chi connectivity index (χ4n) is 0.845. The molecule has 0 bridgehead atoms. The molecule has 0 N–H and O–H groups in total. The highest BCUT2D eigenvalue weighted by molar-refractivity contribution is 6.28. The van der Waals surface area contributed by atoms with Gasteiger partial charge in [-0.1, -0.05) is 0 Å². The number of halogens is 1. The third-order valence-electron chi connectivity index (χ3n) is 1.37. The predicted molar refractivity (Wildman–Crippen MR) is 49.1 cm³/mol. The van der Waals surface area contributed by atoms with E-state index in [1.807, 2.05) is 0 Å². The van der Waals surface area contributed by atoms with Gasteiger partial charge in [0.15, 0.2) is 0 Å². The van der Waals surface area contributed by atoms with Crippen LogP contribution < -0.4 is 4.74 Å². The van der Waals surface area contributed by atoms with Crippen molar-refractivity contribution >= 4 is 11.6 Å². The zero-order valence-electron chi connectivity index (χ0n) is 6.96. The fraction of sp³-hybridized carbons (Fsp3) is 0. The van der Waals surface area contributed by atoms with Gasteiger partial charge in [-0.3, -0.25) is 4.98 Å². The Morgan fingerprint density at radius 2 is 2.21 bits per heavy atom. The average Bonchev–Trinajstić information content (AvgIpc) is 2.19. The molecule has 6 heteroatoms. The summed E-state index contributed by atoms with van der Waals surface area (Å²) < 4.78 is 5.30. The molecule has 0 saturated heterocycles. The first-order chi connectivity index (χ1) is 6.84. The van der Waals surface area contributed by atoms with E-state index in [-0.39, 0.29) is 11.2 Å². The Morgan fingerprint density at radius 1 is 1.29 bits per heavy atom. The Labute approximate surface area is 84.8 Å². The Balaban J connectivity index is 2.19. The molecule has 0 fully saturated rings. The minimum atomic E-state index is 0.0476. The summed E-state index contributed by atoms with van der Waals surface area (Å²) in [5.41, 5.74) is 0. The standard InChI is InChI=1S/C8H5ClN4O/c9-8-12-7(5-11-13-8)14-6-2-1-3-10-4-6/h1-5H. The summed E-state index contributed by atoms with van der Waals surface area (Å²) in [7, 11) is 0. The second-order valence-corrected chi connectivity index (χ2v) is 2.69. The van der Waals surface area contributed by atoms with Gasteiger partial charge in [-0.25, -0.2) is 0 Å². The zero-order valence-corrected chi connectivity index (χ0v) is 7.72. The van der Waals surface area contributed by atoms with Gasteiger partial charge in [0.25, 0.3) is 0 Å². The maximum absolute atomic E-state index is 5.53. The Hall–Kier alpha value is -1.75. The molecule has 0 aliphatic heterocycles. The van der Waals surface area contributed by atoms with Crippen LogP contribution in [-0.2, 0) is 0 Å². The van der Waals surface area contributed by atoms with Gasteiger partial charge in [0, 0.05) is 6.20 Å². The normalized spacial score (nSPS) is 9.79. The van der Waals surface area contributed by atoms with E-state index in [1.54, 1.807) is 24.5 Å². The monoisotopic (exact) mass is 208 g/mol. The van der Waals surface area contributed by atoms with Gasteiger partial charge in [0.2, 0.25) is 11.2 Å². The van der Waals surface area contributed by atoms with Gasteiger partial charge in [-0.15, -0.1) is 5.10 Å². The molecule has 70 valence electrons. The first-order valence-corrected chi connectivity index (χ1v) is 4.15. The molecule has 0 aliphatic rings. The maximum Gasteiger partial charge on any atom is 0.246 e. The van der Waals surface area contributed by atoms with Crippen molar-refractivity contribution in [2.24, 2.45) is 0 Å². The molecule has 14 heavy (non-hydrogen) atoms.